The predicted molar refractivity (Wildman–Crippen MR) is 73.9 cm³/mol. The number of sulfonamides is 1. The summed E-state index contributed by atoms with van der Waals surface area (Å²) < 4.78 is 32.2. The molecule has 0 bridgehead atoms. The summed E-state index contributed by atoms with van der Waals surface area (Å²) in [4.78, 5) is 4.23. The summed E-state index contributed by atoms with van der Waals surface area (Å²) in [6.45, 7) is 2.66. The smallest absolute Gasteiger partial charge is 0.241 e. The molecule has 0 fully saturated rings. The maximum absolute atomic E-state index is 12.2. The maximum atomic E-state index is 12.2. The average Bonchev–Trinajstić information content (AvgIpc) is 3.04. The highest BCUT2D eigenvalue weighted by atomic mass is 32.2. The number of aryl methyl sites for hydroxylation is 1. The monoisotopic (exact) mass is 293 g/mol. The molecule has 1 aliphatic rings. The number of hydrogen-bond acceptors (Lipinski definition) is 5. The van der Waals surface area contributed by atoms with E-state index >= 15 is 0 Å². The van der Waals surface area contributed by atoms with E-state index < -0.39 is 10.0 Å². The lowest BCUT2D eigenvalue weighted by Crippen LogP contribution is -2.23. The highest BCUT2D eigenvalue weighted by molar-refractivity contribution is 7.89. The molecule has 0 amide bonds. The van der Waals surface area contributed by atoms with Crippen molar-refractivity contribution in [1.29, 1.82) is 0 Å². The fourth-order valence-corrected chi connectivity index (χ4v) is 3.20. The van der Waals surface area contributed by atoms with E-state index in [0.717, 1.165) is 24.2 Å². The minimum atomic E-state index is -3.55. The summed E-state index contributed by atoms with van der Waals surface area (Å²) in [6, 6.07) is 5.10. The third-order valence-electron chi connectivity index (χ3n) is 3.18. The summed E-state index contributed by atoms with van der Waals surface area (Å²) in [7, 11) is -3.55. The van der Waals surface area contributed by atoms with Crippen molar-refractivity contribution in [2.24, 2.45) is 0 Å². The van der Waals surface area contributed by atoms with E-state index in [0.29, 0.717) is 11.7 Å². The van der Waals surface area contributed by atoms with Gasteiger partial charge in [0.15, 0.2) is 0 Å². The van der Waals surface area contributed by atoms with E-state index in [1.807, 2.05) is 0 Å². The molecular weight excluding hydrogens is 278 g/mol. The molecule has 0 spiro atoms. The minimum absolute atomic E-state index is 0.0471. The van der Waals surface area contributed by atoms with E-state index in [-0.39, 0.29) is 11.4 Å². The van der Waals surface area contributed by atoms with Gasteiger partial charge >= 0.3 is 0 Å². The number of aromatic nitrogens is 1. The number of anilines is 1. The second-order valence-corrected chi connectivity index (χ2v) is 6.45. The molecule has 2 N–H and O–H groups in total. The van der Waals surface area contributed by atoms with Gasteiger partial charge < -0.3 is 9.73 Å². The van der Waals surface area contributed by atoms with Crippen LogP contribution in [0.3, 0.4) is 0 Å². The predicted octanol–water partition coefficient (Wildman–Crippen LogP) is 1.43. The normalized spacial score (nSPS) is 14.1. The average molecular weight is 293 g/mol. The molecular formula is C13H15N3O3S. The molecule has 6 nitrogen and oxygen atoms in total. The van der Waals surface area contributed by atoms with Crippen LogP contribution in [-0.4, -0.2) is 19.9 Å². The van der Waals surface area contributed by atoms with Crippen LogP contribution in [0.5, 0.6) is 0 Å². The molecule has 106 valence electrons. The second-order valence-electron chi connectivity index (χ2n) is 4.68. The van der Waals surface area contributed by atoms with Gasteiger partial charge in [-0.3, -0.25) is 0 Å². The first-order valence-corrected chi connectivity index (χ1v) is 7.81. The van der Waals surface area contributed by atoms with Crippen LogP contribution in [0.2, 0.25) is 0 Å². The number of hydrogen-bond donors (Lipinski definition) is 2. The first-order chi connectivity index (χ1) is 9.54. The van der Waals surface area contributed by atoms with Crippen molar-refractivity contribution in [2.75, 3.05) is 11.9 Å². The van der Waals surface area contributed by atoms with Crippen molar-refractivity contribution < 1.29 is 12.8 Å². The van der Waals surface area contributed by atoms with Crippen molar-refractivity contribution in [2.45, 2.75) is 24.8 Å². The molecule has 0 atom stereocenters. The van der Waals surface area contributed by atoms with Crippen LogP contribution in [0, 0.1) is 6.92 Å². The molecule has 0 radical (unpaired) electrons. The number of fused-ring (bicyclic) bond motifs is 1. The van der Waals surface area contributed by atoms with Crippen LogP contribution >= 0.6 is 0 Å². The maximum Gasteiger partial charge on any atom is 0.241 e. The Morgan fingerprint density at radius 1 is 1.45 bits per heavy atom. The fraction of sp³-hybridized carbons (Fsp3) is 0.308. The summed E-state index contributed by atoms with van der Waals surface area (Å²) in [5, 5.41) is 3.20. The van der Waals surface area contributed by atoms with E-state index in [4.69, 9.17) is 4.42 Å². The first kappa shape index (κ1) is 13.1. The molecule has 0 saturated carbocycles. The van der Waals surface area contributed by atoms with E-state index in [1.54, 1.807) is 31.3 Å². The van der Waals surface area contributed by atoms with Gasteiger partial charge in [-0.2, -0.15) is 0 Å². The summed E-state index contributed by atoms with van der Waals surface area (Å²) in [5.74, 6) is 1.01. The van der Waals surface area contributed by atoms with Crippen LogP contribution in [0.25, 0.3) is 0 Å². The standard InChI is InChI=1S/C13H15N3O3S/c1-9-7-15-13(19-9)8-16-20(17,18)11-2-3-12-10(6-11)4-5-14-12/h2-3,6-7,14,16H,4-5,8H2,1H3. The van der Waals surface area contributed by atoms with E-state index in [1.165, 1.54) is 0 Å². The van der Waals surface area contributed by atoms with Crippen LogP contribution in [0.15, 0.2) is 33.7 Å². The molecule has 0 aliphatic carbocycles. The quantitative estimate of drug-likeness (QED) is 0.891. The third-order valence-corrected chi connectivity index (χ3v) is 4.58. The van der Waals surface area contributed by atoms with E-state index in [2.05, 4.69) is 15.0 Å². The molecule has 0 unspecified atom stereocenters. The first-order valence-electron chi connectivity index (χ1n) is 6.32. The van der Waals surface area contributed by atoms with Gasteiger partial charge in [0.05, 0.1) is 17.6 Å². The molecule has 3 rings (SSSR count). The fourth-order valence-electron chi connectivity index (χ4n) is 2.17. The zero-order valence-corrected chi connectivity index (χ0v) is 11.8. The number of oxazole rings is 1. The molecule has 7 heteroatoms. The van der Waals surface area contributed by atoms with E-state index in [9.17, 15) is 8.42 Å². The number of rotatable bonds is 4. The number of benzene rings is 1. The lowest BCUT2D eigenvalue weighted by atomic mass is 10.2. The van der Waals surface area contributed by atoms with Crippen LogP contribution in [0.1, 0.15) is 17.2 Å². The Morgan fingerprint density at radius 2 is 2.30 bits per heavy atom. The van der Waals surface area contributed by atoms with Gasteiger partial charge in [-0.1, -0.05) is 0 Å². The Hall–Kier alpha value is -1.86. The molecule has 1 aromatic carbocycles. The van der Waals surface area contributed by atoms with Crippen LogP contribution < -0.4 is 10.0 Å². The van der Waals surface area contributed by atoms with Crippen molar-refractivity contribution in [1.82, 2.24) is 9.71 Å². The van der Waals surface area contributed by atoms with Gasteiger partial charge in [0, 0.05) is 12.2 Å². The van der Waals surface area contributed by atoms with Gasteiger partial charge in [0.2, 0.25) is 15.9 Å². The molecule has 2 heterocycles. The summed E-state index contributed by atoms with van der Waals surface area (Å²) in [6.07, 6.45) is 2.41. The Bertz CT molecular complexity index is 737. The lowest BCUT2D eigenvalue weighted by molar-refractivity contribution is 0.463. The van der Waals surface area contributed by atoms with Gasteiger partial charge in [0.25, 0.3) is 0 Å². The highest BCUT2D eigenvalue weighted by Crippen LogP contribution is 2.25. The zero-order valence-electron chi connectivity index (χ0n) is 11.0. The highest BCUT2D eigenvalue weighted by Gasteiger charge is 2.18. The van der Waals surface area contributed by atoms with Crippen molar-refractivity contribution >= 4 is 15.7 Å². The molecule has 20 heavy (non-hydrogen) atoms. The van der Waals surface area contributed by atoms with Crippen molar-refractivity contribution in [3.8, 4) is 0 Å². The molecule has 1 aromatic heterocycles. The Kier molecular flexibility index (Phi) is 3.23. The third kappa shape index (κ3) is 2.54. The molecule has 1 aliphatic heterocycles. The van der Waals surface area contributed by atoms with Gasteiger partial charge in [0.1, 0.15) is 5.76 Å². The zero-order chi connectivity index (χ0) is 14.2. The number of nitrogens with one attached hydrogen (secondary N) is 2. The van der Waals surface area contributed by atoms with Crippen molar-refractivity contribution in [3.05, 3.63) is 41.6 Å². The molecule has 2 aromatic rings. The molecule has 0 saturated heterocycles. The Morgan fingerprint density at radius 3 is 3.05 bits per heavy atom. The Labute approximate surface area is 117 Å². The van der Waals surface area contributed by atoms with Crippen molar-refractivity contribution in [3.63, 3.8) is 0 Å². The lowest BCUT2D eigenvalue weighted by Gasteiger charge is -2.07. The Balaban J connectivity index is 1.78. The van der Waals surface area contributed by atoms with Gasteiger partial charge in [-0.05, 0) is 37.1 Å². The topological polar surface area (TPSA) is 84.2 Å². The SMILES string of the molecule is Cc1cnc(CNS(=O)(=O)c2ccc3c(c2)CCN3)o1. The van der Waals surface area contributed by atoms with Crippen LogP contribution in [-0.2, 0) is 23.0 Å². The van der Waals surface area contributed by atoms with Gasteiger partial charge in [-0.15, -0.1) is 0 Å². The van der Waals surface area contributed by atoms with Gasteiger partial charge in [-0.25, -0.2) is 18.1 Å². The second kappa shape index (κ2) is 4.92. The summed E-state index contributed by atoms with van der Waals surface area (Å²) >= 11 is 0. The summed E-state index contributed by atoms with van der Waals surface area (Å²) in [5.41, 5.74) is 2.03. The minimum Gasteiger partial charge on any atom is -0.445 e. The largest absolute Gasteiger partial charge is 0.445 e. The van der Waals surface area contributed by atoms with Crippen LogP contribution in [0.4, 0.5) is 5.69 Å². The number of nitrogens with zero attached hydrogens (tertiary/aromatic N) is 1.